The van der Waals surface area contributed by atoms with Crippen molar-refractivity contribution in [2.45, 2.75) is 13.0 Å². The van der Waals surface area contributed by atoms with E-state index >= 15 is 0 Å². The van der Waals surface area contributed by atoms with E-state index < -0.39 is 0 Å². The molecular formula is C9H12N2O. The molecule has 0 amide bonds. The quantitative estimate of drug-likeness (QED) is 0.624. The normalized spacial score (nSPS) is 17.4. The summed E-state index contributed by atoms with van der Waals surface area (Å²) < 4.78 is 0. The van der Waals surface area contributed by atoms with Crippen molar-refractivity contribution >= 4 is 6.29 Å². The van der Waals surface area contributed by atoms with E-state index in [1.807, 2.05) is 6.07 Å². The molecule has 0 bridgehead atoms. The molecule has 0 saturated carbocycles. The lowest BCUT2D eigenvalue weighted by Crippen LogP contribution is -2.25. The van der Waals surface area contributed by atoms with Gasteiger partial charge in [0.15, 0.2) is 6.29 Å². The number of hydrogen-bond donors (Lipinski definition) is 1. The molecule has 1 N–H and O–H groups in total. The van der Waals surface area contributed by atoms with Crippen molar-refractivity contribution in [3.63, 3.8) is 0 Å². The summed E-state index contributed by atoms with van der Waals surface area (Å²) in [6.45, 7) is 2.03. The zero-order valence-corrected chi connectivity index (χ0v) is 7.13. The molecule has 1 aromatic rings. The first kappa shape index (κ1) is 7.55. The molecule has 0 fully saturated rings. The van der Waals surface area contributed by atoms with Crippen LogP contribution in [-0.4, -0.2) is 29.8 Å². The second kappa shape index (κ2) is 2.75. The number of likely N-dealkylation sites (N-methyl/N-ethyl adjacent to an activating group) is 1. The van der Waals surface area contributed by atoms with E-state index in [9.17, 15) is 4.79 Å². The minimum Gasteiger partial charge on any atom is -0.356 e. The standard InChI is InChI=1S/C9H12N2O/c1-11-3-2-9-7(5-11)4-8(6-12)10-9/h4,6,10H,2-3,5H2,1H3. The van der Waals surface area contributed by atoms with Gasteiger partial charge in [0.05, 0.1) is 5.69 Å². The predicted octanol–water partition coefficient (Wildman–Crippen LogP) is 0.815. The molecule has 12 heavy (non-hydrogen) atoms. The van der Waals surface area contributed by atoms with Gasteiger partial charge in [0.1, 0.15) is 0 Å². The smallest absolute Gasteiger partial charge is 0.166 e. The lowest BCUT2D eigenvalue weighted by molar-refractivity contribution is 0.111. The van der Waals surface area contributed by atoms with Crippen LogP contribution in [0.3, 0.4) is 0 Å². The van der Waals surface area contributed by atoms with Crippen LogP contribution in [0.15, 0.2) is 6.07 Å². The van der Waals surface area contributed by atoms with Crippen LogP contribution < -0.4 is 0 Å². The van der Waals surface area contributed by atoms with E-state index in [0.29, 0.717) is 5.69 Å². The van der Waals surface area contributed by atoms with Gasteiger partial charge in [-0.05, 0) is 18.7 Å². The van der Waals surface area contributed by atoms with Crippen molar-refractivity contribution in [1.29, 1.82) is 0 Å². The van der Waals surface area contributed by atoms with Gasteiger partial charge >= 0.3 is 0 Å². The van der Waals surface area contributed by atoms with Gasteiger partial charge in [-0.25, -0.2) is 0 Å². The highest BCUT2D eigenvalue weighted by atomic mass is 16.1. The third kappa shape index (κ3) is 1.16. The number of carbonyl (C=O) groups is 1. The number of nitrogens with zero attached hydrogens (tertiary/aromatic N) is 1. The van der Waals surface area contributed by atoms with Gasteiger partial charge in [-0.2, -0.15) is 0 Å². The summed E-state index contributed by atoms with van der Waals surface area (Å²) in [6.07, 6.45) is 1.90. The molecule has 1 aliphatic rings. The summed E-state index contributed by atoms with van der Waals surface area (Å²) in [5.74, 6) is 0. The van der Waals surface area contributed by atoms with Gasteiger partial charge in [0, 0.05) is 25.2 Å². The Bertz CT molecular complexity index is 303. The van der Waals surface area contributed by atoms with Crippen LogP contribution >= 0.6 is 0 Å². The van der Waals surface area contributed by atoms with Crippen LogP contribution in [0.1, 0.15) is 21.7 Å². The zero-order valence-electron chi connectivity index (χ0n) is 7.13. The Hall–Kier alpha value is -1.09. The largest absolute Gasteiger partial charge is 0.356 e. The molecule has 2 heterocycles. The maximum atomic E-state index is 10.5. The molecule has 0 unspecified atom stereocenters. The third-order valence-corrected chi connectivity index (χ3v) is 2.32. The van der Waals surface area contributed by atoms with Crippen molar-refractivity contribution in [2.24, 2.45) is 0 Å². The summed E-state index contributed by atoms with van der Waals surface area (Å²) in [4.78, 5) is 15.8. The molecule has 2 rings (SSSR count). The number of nitrogens with one attached hydrogen (secondary N) is 1. The Morgan fingerprint density at radius 3 is 3.25 bits per heavy atom. The van der Waals surface area contributed by atoms with Crippen LogP contribution in [0.4, 0.5) is 0 Å². The summed E-state index contributed by atoms with van der Waals surface area (Å²) in [6, 6.07) is 1.94. The molecule has 0 aromatic carbocycles. The van der Waals surface area contributed by atoms with Gasteiger partial charge in [0.25, 0.3) is 0 Å². The van der Waals surface area contributed by atoms with Crippen molar-refractivity contribution in [2.75, 3.05) is 13.6 Å². The average Bonchev–Trinajstić information content (AvgIpc) is 2.46. The number of H-pyrrole nitrogens is 1. The molecule has 0 atom stereocenters. The number of hydrogen-bond acceptors (Lipinski definition) is 2. The van der Waals surface area contributed by atoms with Crippen molar-refractivity contribution in [3.05, 3.63) is 23.0 Å². The van der Waals surface area contributed by atoms with Crippen molar-refractivity contribution in [1.82, 2.24) is 9.88 Å². The minimum absolute atomic E-state index is 0.704. The van der Waals surface area contributed by atoms with Crippen molar-refractivity contribution in [3.8, 4) is 0 Å². The van der Waals surface area contributed by atoms with E-state index in [1.165, 1.54) is 11.3 Å². The van der Waals surface area contributed by atoms with Crippen LogP contribution in [-0.2, 0) is 13.0 Å². The van der Waals surface area contributed by atoms with Gasteiger partial charge in [0.2, 0.25) is 0 Å². The molecular weight excluding hydrogens is 152 g/mol. The molecule has 1 aromatic heterocycles. The SMILES string of the molecule is CN1CCc2[nH]c(C=O)cc2C1. The maximum Gasteiger partial charge on any atom is 0.166 e. The Labute approximate surface area is 71.4 Å². The number of fused-ring (bicyclic) bond motifs is 1. The number of rotatable bonds is 1. The van der Waals surface area contributed by atoms with Gasteiger partial charge < -0.3 is 9.88 Å². The van der Waals surface area contributed by atoms with E-state index in [2.05, 4.69) is 16.9 Å². The summed E-state index contributed by atoms with van der Waals surface area (Å²) >= 11 is 0. The zero-order chi connectivity index (χ0) is 8.55. The summed E-state index contributed by atoms with van der Waals surface area (Å²) in [7, 11) is 2.09. The van der Waals surface area contributed by atoms with E-state index in [4.69, 9.17) is 0 Å². The number of aromatic nitrogens is 1. The summed E-state index contributed by atoms with van der Waals surface area (Å²) in [5, 5.41) is 0. The molecule has 64 valence electrons. The third-order valence-electron chi connectivity index (χ3n) is 2.32. The van der Waals surface area contributed by atoms with Gasteiger partial charge in [-0.3, -0.25) is 4.79 Å². The molecule has 0 aliphatic carbocycles. The van der Waals surface area contributed by atoms with Gasteiger partial charge in [-0.15, -0.1) is 0 Å². The first-order chi connectivity index (χ1) is 5.79. The second-order valence-corrected chi connectivity index (χ2v) is 3.33. The Kier molecular flexibility index (Phi) is 1.73. The van der Waals surface area contributed by atoms with Crippen LogP contribution in [0.25, 0.3) is 0 Å². The fourth-order valence-electron chi connectivity index (χ4n) is 1.67. The number of aldehydes is 1. The van der Waals surface area contributed by atoms with Crippen LogP contribution in [0, 0.1) is 0 Å². The highest BCUT2D eigenvalue weighted by Gasteiger charge is 2.15. The second-order valence-electron chi connectivity index (χ2n) is 3.33. The Morgan fingerprint density at radius 2 is 2.50 bits per heavy atom. The van der Waals surface area contributed by atoms with Crippen LogP contribution in [0.5, 0.6) is 0 Å². The highest BCUT2D eigenvalue weighted by Crippen LogP contribution is 2.17. The molecule has 1 aliphatic heterocycles. The minimum atomic E-state index is 0.704. The fraction of sp³-hybridized carbons (Fsp3) is 0.444. The first-order valence-corrected chi connectivity index (χ1v) is 4.14. The molecule has 0 spiro atoms. The fourth-order valence-corrected chi connectivity index (χ4v) is 1.67. The highest BCUT2D eigenvalue weighted by molar-refractivity contribution is 5.72. The van der Waals surface area contributed by atoms with Crippen molar-refractivity contribution < 1.29 is 4.79 Å². The average molecular weight is 164 g/mol. The Morgan fingerprint density at radius 1 is 1.67 bits per heavy atom. The van der Waals surface area contributed by atoms with E-state index in [0.717, 1.165) is 25.8 Å². The monoisotopic (exact) mass is 164 g/mol. The Balaban J connectivity index is 2.34. The van der Waals surface area contributed by atoms with E-state index in [1.54, 1.807) is 0 Å². The molecule has 3 heteroatoms. The number of carbonyl (C=O) groups excluding carboxylic acids is 1. The lowest BCUT2D eigenvalue weighted by atomic mass is 10.1. The summed E-state index contributed by atoms with van der Waals surface area (Å²) in [5.41, 5.74) is 3.20. The topological polar surface area (TPSA) is 36.1 Å². The van der Waals surface area contributed by atoms with Crippen LogP contribution in [0.2, 0.25) is 0 Å². The predicted molar refractivity (Wildman–Crippen MR) is 46.2 cm³/mol. The molecule has 3 nitrogen and oxygen atoms in total. The lowest BCUT2D eigenvalue weighted by Gasteiger charge is -2.21. The van der Waals surface area contributed by atoms with Gasteiger partial charge in [-0.1, -0.05) is 0 Å². The number of aromatic amines is 1. The molecule has 0 saturated heterocycles. The first-order valence-electron chi connectivity index (χ1n) is 4.14. The van der Waals surface area contributed by atoms with E-state index in [-0.39, 0.29) is 0 Å². The maximum absolute atomic E-state index is 10.5. The molecule has 0 radical (unpaired) electrons.